The number of nitrogens with zero attached hydrogens (tertiary/aromatic N) is 2. The van der Waals surface area contributed by atoms with Crippen LogP contribution in [0.1, 0.15) is 26.2 Å². The number of nitrogens with one attached hydrogen (secondary N) is 1. The molecule has 0 amide bonds. The predicted molar refractivity (Wildman–Crippen MR) is 65.6 cm³/mol. The molecule has 1 aromatic rings. The molecule has 1 aliphatic rings. The van der Waals surface area contributed by atoms with Crippen LogP contribution in [-0.2, 0) is 0 Å². The van der Waals surface area contributed by atoms with Gasteiger partial charge in [0.05, 0.1) is 20.3 Å². The smallest absolute Gasteiger partial charge is 0.229 e. The lowest BCUT2D eigenvalue weighted by Crippen LogP contribution is -2.18. The molecular formula is C12H19N3O2. The Bertz CT molecular complexity index is 358. The van der Waals surface area contributed by atoms with Gasteiger partial charge in [-0.1, -0.05) is 12.8 Å². The fourth-order valence-corrected chi connectivity index (χ4v) is 1.81. The Balaban J connectivity index is 2.02. The van der Waals surface area contributed by atoms with Gasteiger partial charge in [-0.2, -0.15) is 9.97 Å². The average molecular weight is 237 g/mol. The lowest BCUT2D eigenvalue weighted by molar-refractivity contribution is 0.372. The van der Waals surface area contributed by atoms with Crippen molar-refractivity contribution in [2.24, 2.45) is 5.92 Å². The van der Waals surface area contributed by atoms with Gasteiger partial charge in [-0.15, -0.1) is 0 Å². The highest BCUT2D eigenvalue weighted by molar-refractivity contribution is 5.34. The molecule has 1 atom stereocenters. The number of methoxy groups -OCH3 is 2. The summed E-state index contributed by atoms with van der Waals surface area (Å²) in [4.78, 5) is 8.49. The van der Waals surface area contributed by atoms with Crippen LogP contribution in [0.3, 0.4) is 0 Å². The van der Waals surface area contributed by atoms with Gasteiger partial charge in [-0.3, -0.25) is 0 Å². The molecule has 2 rings (SSSR count). The van der Waals surface area contributed by atoms with Crippen molar-refractivity contribution in [3.05, 3.63) is 6.07 Å². The minimum atomic E-state index is 0.374. The number of ether oxygens (including phenoxy) is 2. The number of hydrogen-bond donors (Lipinski definition) is 1. The van der Waals surface area contributed by atoms with Crippen molar-refractivity contribution in [2.45, 2.75) is 32.2 Å². The highest BCUT2D eigenvalue weighted by atomic mass is 16.5. The van der Waals surface area contributed by atoms with Crippen LogP contribution in [0, 0.1) is 5.92 Å². The summed E-state index contributed by atoms with van der Waals surface area (Å²) in [6.45, 7) is 2.15. The van der Waals surface area contributed by atoms with E-state index >= 15 is 0 Å². The first-order chi connectivity index (χ1) is 8.21. The van der Waals surface area contributed by atoms with E-state index in [1.54, 1.807) is 20.3 Å². The molecule has 5 nitrogen and oxygen atoms in total. The average Bonchev–Trinajstić information content (AvgIpc) is 3.12. The fourth-order valence-electron chi connectivity index (χ4n) is 1.81. The van der Waals surface area contributed by atoms with E-state index in [1.165, 1.54) is 19.3 Å². The monoisotopic (exact) mass is 237 g/mol. The van der Waals surface area contributed by atoms with Crippen molar-refractivity contribution < 1.29 is 9.47 Å². The first-order valence-corrected chi connectivity index (χ1v) is 5.95. The van der Waals surface area contributed by atoms with E-state index in [2.05, 4.69) is 22.2 Å². The highest BCUT2D eigenvalue weighted by Gasteiger charge is 2.23. The lowest BCUT2D eigenvalue weighted by Gasteiger charge is -2.14. The van der Waals surface area contributed by atoms with Gasteiger partial charge in [0.1, 0.15) is 0 Å². The minimum Gasteiger partial charge on any atom is -0.481 e. The van der Waals surface area contributed by atoms with Crippen molar-refractivity contribution >= 4 is 5.95 Å². The van der Waals surface area contributed by atoms with Crippen molar-refractivity contribution in [2.75, 3.05) is 19.5 Å². The lowest BCUT2D eigenvalue weighted by atomic mass is 10.2. The van der Waals surface area contributed by atoms with E-state index in [0.717, 1.165) is 5.92 Å². The zero-order valence-electron chi connectivity index (χ0n) is 10.6. The summed E-state index contributed by atoms with van der Waals surface area (Å²) in [6.07, 6.45) is 3.88. The fraction of sp³-hybridized carbons (Fsp3) is 0.667. The molecule has 0 spiro atoms. The molecule has 0 aliphatic heterocycles. The summed E-state index contributed by atoms with van der Waals surface area (Å²) in [5.41, 5.74) is 0. The molecule has 94 valence electrons. The van der Waals surface area contributed by atoms with Crippen LogP contribution in [0.5, 0.6) is 11.8 Å². The van der Waals surface area contributed by atoms with Crippen molar-refractivity contribution in [1.82, 2.24) is 9.97 Å². The van der Waals surface area contributed by atoms with Crippen LogP contribution in [0.4, 0.5) is 5.95 Å². The molecule has 17 heavy (non-hydrogen) atoms. The van der Waals surface area contributed by atoms with Gasteiger partial charge in [0.25, 0.3) is 0 Å². The first kappa shape index (κ1) is 12.0. The van der Waals surface area contributed by atoms with Crippen LogP contribution >= 0.6 is 0 Å². The van der Waals surface area contributed by atoms with Gasteiger partial charge in [-0.05, 0) is 19.3 Å². The number of hydrogen-bond acceptors (Lipinski definition) is 5. The van der Waals surface area contributed by atoms with E-state index in [1.807, 2.05) is 0 Å². The third kappa shape index (κ3) is 3.47. The first-order valence-electron chi connectivity index (χ1n) is 5.95. The maximum Gasteiger partial charge on any atom is 0.229 e. The van der Waals surface area contributed by atoms with Crippen LogP contribution in [0.15, 0.2) is 6.07 Å². The Morgan fingerprint density at radius 3 is 2.35 bits per heavy atom. The van der Waals surface area contributed by atoms with E-state index in [4.69, 9.17) is 9.47 Å². The van der Waals surface area contributed by atoms with Gasteiger partial charge < -0.3 is 14.8 Å². The molecule has 0 saturated heterocycles. The zero-order valence-corrected chi connectivity index (χ0v) is 10.6. The predicted octanol–water partition coefficient (Wildman–Crippen LogP) is 2.09. The topological polar surface area (TPSA) is 56.3 Å². The van der Waals surface area contributed by atoms with E-state index in [0.29, 0.717) is 23.8 Å². The molecule has 1 unspecified atom stereocenters. The number of rotatable bonds is 6. The van der Waals surface area contributed by atoms with Crippen LogP contribution < -0.4 is 14.8 Å². The summed E-state index contributed by atoms with van der Waals surface area (Å²) >= 11 is 0. The van der Waals surface area contributed by atoms with Crippen molar-refractivity contribution in [3.63, 3.8) is 0 Å². The third-order valence-electron chi connectivity index (χ3n) is 2.86. The number of anilines is 1. The Hall–Kier alpha value is -1.52. The van der Waals surface area contributed by atoms with Crippen LogP contribution in [-0.4, -0.2) is 30.2 Å². The Morgan fingerprint density at radius 1 is 1.29 bits per heavy atom. The van der Waals surface area contributed by atoms with Crippen molar-refractivity contribution in [3.8, 4) is 11.8 Å². The van der Waals surface area contributed by atoms with E-state index in [9.17, 15) is 0 Å². The summed E-state index contributed by atoms with van der Waals surface area (Å²) in [5, 5.41) is 3.28. The molecule has 0 radical (unpaired) electrons. The second-order valence-electron chi connectivity index (χ2n) is 4.50. The van der Waals surface area contributed by atoms with Gasteiger partial charge in [0.15, 0.2) is 0 Å². The summed E-state index contributed by atoms with van der Waals surface area (Å²) in [7, 11) is 3.17. The van der Waals surface area contributed by atoms with E-state index < -0.39 is 0 Å². The zero-order chi connectivity index (χ0) is 12.3. The summed E-state index contributed by atoms with van der Waals surface area (Å²) < 4.78 is 10.2. The number of aromatic nitrogens is 2. The molecule has 1 fully saturated rings. The summed E-state index contributed by atoms with van der Waals surface area (Å²) in [5.74, 6) is 2.47. The van der Waals surface area contributed by atoms with Gasteiger partial charge in [-0.25, -0.2) is 0 Å². The van der Waals surface area contributed by atoms with Gasteiger partial charge >= 0.3 is 0 Å². The summed E-state index contributed by atoms with van der Waals surface area (Å²) in [6, 6.07) is 2.04. The van der Waals surface area contributed by atoms with Gasteiger partial charge in [0, 0.05) is 6.04 Å². The Morgan fingerprint density at radius 2 is 1.88 bits per heavy atom. The molecule has 1 aromatic heterocycles. The normalized spacial score (nSPS) is 16.4. The second-order valence-corrected chi connectivity index (χ2v) is 4.50. The molecule has 1 N–H and O–H groups in total. The molecule has 0 bridgehead atoms. The molecular weight excluding hydrogens is 218 g/mol. The molecule has 1 heterocycles. The molecule has 1 aliphatic carbocycles. The standard InChI is InChI=1S/C12H19N3O2/c1-8(6-9-4-5-9)13-12-14-10(16-2)7-11(15-12)17-3/h7-9H,4-6H2,1-3H3,(H,13,14,15). The Labute approximate surface area is 102 Å². The van der Waals surface area contributed by atoms with Crippen molar-refractivity contribution in [1.29, 1.82) is 0 Å². The third-order valence-corrected chi connectivity index (χ3v) is 2.86. The maximum absolute atomic E-state index is 5.10. The minimum absolute atomic E-state index is 0.374. The quantitative estimate of drug-likeness (QED) is 0.821. The maximum atomic E-state index is 5.10. The SMILES string of the molecule is COc1cc(OC)nc(NC(C)CC2CC2)n1. The Kier molecular flexibility index (Phi) is 3.66. The van der Waals surface area contributed by atoms with E-state index in [-0.39, 0.29) is 0 Å². The highest BCUT2D eigenvalue weighted by Crippen LogP contribution is 2.34. The van der Waals surface area contributed by atoms with Gasteiger partial charge in [0.2, 0.25) is 17.7 Å². The van der Waals surface area contributed by atoms with Crippen LogP contribution in [0.2, 0.25) is 0 Å². The second kappa shape index (κ2) is 5.21. The molecule has 5 heteroatoms. The molecule has 0 aromatic carbocycles. The largest absolute Gasteiger partial charge is 0.481 e. The van der Waals surface area contributed by atoms with Crippen LogP contribution in [0.25, 0.3) is 0 Å². The molecule has 1 saturated carbocycles.